The van der Waals surface area contributed by atoms with Crippen molar-refractivity contribution in [2.45, 2.75) is 63.1 Å². The Bertz CT molecular complexity index is 1330. The summed E-state index contributed by atoms with van der Waals surface area (Å²) >= 11 is 0. The molecule has 0 heterocycles. The van der Waals surface area contributed by atoms with Gasteiger partial charge in [0.15, 0.2) is 0 Å². The molecule has 0 spiro atoms. The summed E-state index contributed by atoms with van der Waals surface area (Å²) in [5.74, 6) is 0. The van der Waals surface area contributed by atoms with Crippen molar-refractivity contribution < 1.29 is 28.8 Å². The minimum Gasteiger partial charge on any atom is -0.387 e. The molecule has 5 rings (SSSR count). The minimum atomic E-state index is -1.05. The Morgan fingerprint density at radius 3 is 1.05 bits per heavy atom. The van der Waals surface area contributed by atoms with E-state index in [4.69, 9.17) is 23.7 Å². The van der Waals surface area contributed by atoms with Gasteiger partial charge in [0, 0.05) is 0 Å². The highest BCUT2D eigenvalue weighted by atomic mass is 16.6. The van der Waals surface area contributed by atoms with Gasteiger partial charge in [0.05, 0.1) is 33.0 Å². The number of aliphatic hydroxyl groups is 1. The zero-order valence-electron chi connectivity index (χ0n) is 24.3. The van der Waals surface area contributed by atoms with Crippen molar-refractivity contribution in [2.75, 3.05) is 6.61 Å². The molecule has 4 aromatic rings. The lowest BCUT2D eigenvalue weighted by Gasteiger charge is -2.48. The molecule has 0 unspecified atom stereocenters. The van der Waals surface area contributed by atoms with Crippen LogP contribution in [0.15, 0.2) is 134 Å². The molecular formula is C37H40O6. The van der Waals surface area contributed by atoms with E-state index in [1.165, 1.54) is 0 Å². The number of hydrogen-bond acceptors (Lipinski definition) is 6. The van der Waals surface area contributed by atoms with Crippen LogP contribution < -0.4 is 0 Å². The first-order chi connectivity index (χ1) is 21.2. The molecule has 0 radical (unpaired) electrons. The summed E-state index contributed by atoms with van der Waals surface area (Å²) < 4.78 is 32.5. The highest BCUT2D eigenvalue weighted by molar-refractivity contribution is 5.17. The van der Waals surface area contributed by atoms with Gasteiger partial charge in [-0.1, -0.05) is 127 Å². The van der Waals surface area contributed by atoms with Crippen molar-refractivity contribution in [1.82, 2.24) is 0 Å². The molecule has 224 valence electrons. The molecule has 1 saturated carbocycles. The Hall–Kier alpha value is -3.62. The van der Waals surface area contributed by atoms with Crippen LogP contribution >= 0.6 is 0 Å². The van der Waals surface area contributed by atoms with Crippen LogP contribution in [0, 0.1) is 0 Å². The van der Waals surface area contributed by atoms with Crippen molar-refractivity contribution >= 4 is 0 Å². The van der Waals surface area contributed by atoms with E-state index < -0.39 is 36.6 Å². The molecule has 6 heteroatoms. The van der Waals surface area contributed by atoms with E-state index >= 15 is 0 Å². The Balaban J connectivity index is 1.48. The molecule has 0 aliphatic heterocycles. The smallest absolute Gasteiger partial charge is 0.116 e. The summed E-state index contributed by atoms with van der Waals surface area (Å²) in [5, 5.41) is 11.9. The summed E-state index contributed by atoms with van der Waals surface area (Å²) in [6.07, 6.45) is -2.83. The van der Waals surface area contributed by atoms with Crippen LogP contribution in [0.1, 0.15) is 22.3 Å². The number of hydrogen-bond donors (Lipinski definition) is 1. The second-order valence-corrected chi connectivity index (χ2v) is 10.6. The lowest BCUT2D eigenvalue weighted by molar-refractivity contribution is -0.280. The largest absolute Gasteiger partial charge is 0.387 e. The highest BCUT2D eigenvalue weighted by Gasteiger charge is 2.54. The molecule has 1 N–H and O–H groups in total. The van der Waals surface area contributed by atoms with Gasteiger partial charge in [0.1, 0.15) is 36.6 Å². The van der Waals surface area contributed by atoms with Crippen LogP contribution in [0.4, 0.5) is 0 Å². The molecule has 4 aromatic carbocycles. The predicted molar refractivity (Wildman–Crippen MR) is 166 cm³/mol. The summed E-state index contributed by atoms with van der Waals surface area (Å²) in [4.78, 5) is 0. The molecule has 1 fully saturated rings. The fourth-order valence-electron chi connectivity index (χ4n) is 5.34. The molecule has 6 nitrogen and oxygen atoms in total. The summed E-state index contributed by atoms with van der Waals surface area (Å²) in [7, 11) is 0. The Kier molecular flexibility index (Phi) is 11.7. The quantitative estimate of drug-likeness (QED) is 0.167. The maximum Gasteiger partial charge on any atom is 0.116 e. The van der Waals surface area contributed by atoms with Crippen LogP contribution in [0.3, 0.4) is 0 Å². The van der Waals surface area contributed by atoms with Crippen LogP contribution in [0.2, 0.25) is 0 Å². The monoisotopic (exact) mass is 580 g/mol. The van der Waals surface area contributed by atoms with Gasteiger partial charge in [0.25, 0.3) is 0 Å². The van der Waals surface area contributed by atoms with Crippen LogP contribution in [0.5, 0.6) is 0 Å². The van der Waals surface area contributed by atoms with E-state index in [0.717, 1.165) is 22.3 Å². The van der Waals surface area contributed by atoms with Crippen LogP contribution in [-0.4, -0.2) is 48.3 Å². The molecular weight excluding hydrogens is 540 g/mol. The summed E-state index contributed by atoms with van der Waals surface area (Å²) in [6.45, 7) is 5.32. The first-order valence-corrected chi connectivity index (χ1v) is 14.8. The molecule has 0 bridgehead atoms. The van der Waals surface area contributed by atoms with Crippen LogP contribution in [0.25, 0.3) is 0 Å². The molecule has 43 heavy (non-hydrogen) atoms. The maximum atomic E-state index is 11.9. The van der Waals surface area contributed by atoms with Gasteiger partial charge in [0.2, 0.25) is 0 Å². The Morgan fingerprint density at radius 1 is 0.442 bits per heavy atom. The van der Waals surface area contributed by atoms with Gasteiger partial charge in [-0.2, -0.15) is 0 Å². The second-order valence-electron chi connectivity index (χ2n) is 10.6. The fourth-order valence-corrected chi connectivity index (χ4v) is 5.34. The van der Waals surface area contributed by atoms with Gasteiger partial charge in [-0.25, -0.2) is 0 Å². The first kappa shape index (κ1) is 30.8. The third-order valence-corrected chi connectivity index (χ3v) is 7.52. The van der Waals surface area contributed by atoms with Crippen molar-refractivity contribution in [3.8, 4) is 0 Å². The van der Waals surface area contributed by atoms with Gasteiger partial charge in [-0.05, 0) is 22.3 Å². The molecule has 0 saturated heterocycles. The third kappa shape index (κ3) is 8.71. The molecule has 1 aliphatic carbocycles. The Labute approximate surface area is 254 Å². The molecule has 0 amide bonds. The fraction of sp³-hybridized carbons (Fsp3) is 0.297. The summed E-state index contributed by atoms with van der Waals surface area (Å²) in [5.41, 5.74) is 4.02. The SMILES string of the molecule is C=CCO[C@H]1[C@@H](O)[C@@H](OCc2ccccc2)[C@H](OCc2ccccc2)[C@@H](OCc2ccccc2)[C@@H]1OCc1ccccc1. The number of rotatable bonds is 15. The third-order valence-electron chi connectivity index (χ3n) is 7.52. The van der Waals surface area contributed by atoms with Crippen molar-refractivity contribution in [3.05, 3.63) is 156 Å². The van der Waals surface area contributed by atoms with Crippen molar-refractivity contribution in [2.24, 2.45) is 0 Å². The zero-order chi connectivity index (χ0) is 29.7. The number of ether oxygens (including phenoxy) is 5. The predicted octanol–water partition coefficient (Wildman–Crippen LogP) is 6.27. The molecule has 1 aliphatic rings. The van der Waals surface area contributed by atoms with E-state index in [2.05, 4.69) is 6.58 Å². The zero-order valence-corrected chi connectivity index (χ0v) is 24.3. The number of benzene rings is 4. The van der Waals surface area contributed by atoms with Gasteiger partial charge in [-0.15, -0.1) is 6.58 Å². The van der Waals surface area contributed by atoms with E-state index in [1.54, 1.807) is 6.08 Å². The number of aliphatic hydroxyl groups excluding tert-OH is 1. The van der Waals surface area contributed by atoms with Gasteiger partial charge in [-0.3, -0.25) is 0 Å². The van der Waals surface area contributed by atoms with E-state index in [1.807, 2.05) is 121 Å². The molecule has 0 aromatic heterocycles. The average Bonchev–Trinajstić information content (AvgIpc) is 3.06. The van der Waals surface area contributed by atoms with E-state index in [9.17, 15) is 5.11 Å². The second kappa shape index (κ2) is 16.3. The Morgan fingerprint density at radius 2 is 0.721 bits per heavy atom. The van der Waals surface area contributed by atoms with E-state index in [0.29, 0.717) is 26.4 Å². The lowest BCUT2D eigenvalue weighted by Crippen LogP contribution is -2.66. The van der Waals surface area contributed by atoms with E-state index in [-0.39, 0.29) is 6.61 Å². The van der Waals surface area contributed by atoms with Crippen molar-refractivity contribution in [3.63, 3.8) is 0 Å². The average molecular weight is 581 g/mol. The lowest BCUT2D eigenvalue weighted by atomic mass is 9.83. The first-order valence-electron chi connectivity index (χ1n) is 14.8. The topological polar surface area (TPSA) is 66.4 Å². The van der Waals surface area contributed by atoms with Gasteiger partial charge < -0.3 is 28.8 Å². The normalized spacial score (nSPS) is 23.6. The summed E-state index contributed by atoms with van der Waals surface area (Å²) in [6, 6.07) is 39.8. The maximum absolute atomic E-state index is 11.9. The van der Waals surface area contributed by atoms with Gasteiger partial charge >= 0.3 is 0 Å². The highest BCUT2D eigenvalue weighted by Crippen LogP contribution is 2.34. The van der Waals surface area contributed by atoms with Crippen molar-refractivity contribution in [1.29, 1.82) is 0 Å². The molecule has 6 atom stereocenters. The standard InChI is InChI=1S/C37H40O6/c1-2-23-39-33-32(38)34(40-24-28-15-7-3-8-16-28)36(42-26-30-19-11-5-12-20-30)37(43-27-31-21-13-6-14-22-31)35(33)41-25-29-17-9-4-10-18-29/h2-22,32-38H,1,23-27H2/t32-,33+,34-,35-,36+,37+/m1/s1. The minimum absolute atomic E-state index is 0.235. The van der Waals surface area contributed by atoms with Crippen LogP contribution in [-0.2, 0) is 50.1 Å².